The van der Waals surface area contributed by atoms with Gasteiger partial charge in [-0.05, 0) is 38.0 Å². The lowest BCUT2D eigenvalue weighted by Crippen LogP contribution is -2.44. The number of aliphatic hydroxyl groups is 1. The third-order valence-corrected chi connectivity index (χ3v) is 3.28. The molecule has 1 aromatic rings. The van der Waals surface area contributed by atoms with Crippen LogP contribution in [-0.2, 0) is 9.59 Å². The van der Waals surface area contributed by atoms with Crippen molar-refractivity contribution in [2.24, 2.45) is 0 Å². The number of amides is 2. The number of halogens is 1. The minimum Gasteiger partial charge on any atom is -0.388 e. The van der Waals surface area contributed by atoms with Gasteiger partial charge < -0.3 is 15.7 Å². The quantitative estimate of drug-likeness (QED) is 0.743. The summed E-state index contributed by atoms with van der Waals surface area (Å²) in [4.78, 5) is 23.3. The van der Waals surface area contributed by atoms with Crippen molar-refractivity contribution >= 4 is 29.1 Å². The Morgan fingerprint density at radius 2 is 2.00 bits per heavy atom. The van der Waals surface area contributed by atoms with Crippen molar-refractivity contribution < 1.29 is 14.7 Å². The van der Waals surface area contributed by atoms with Gasteiger partial charge in [0.1, 0.15) is 0 Å². The van der Waals surface area contributed by atoms with Crippen molar-refractivity contribution in [3.63, 3.8) is 0 Å². The van der Waals surface area contributed by atoms with E-state index in [0.717, 1.165) is 5.56 Å². The Balaban J connectivity index is 2.60. The molecule has 2 amide bonds. The SMILES string of the molecule is CCC(C)(O)CNC(=O)C(=O)Nc1ccc(C)cc1Cl. The predicted octanol–water partition coefficient (Wildman–Crippen LogP) is 1.86. The normalized spacial score (nSPS) is 13.4. The second kappa shape index (κ2) is 6.72. The van der Waals surface area contributed by atoms with Crippen molar-refractivity contribution in [2.75, 3.05) is 11.9 Å². The molecule has 6 heteroatoms. The van der Waals surface area contributed by atoms with E-state index in [4.69, 9.17) is 11.6 Å². The summed E-state index contributed by atoms with van der Waals surface area (Å²) in [5, 5.41) is 14.9. The van der Waals surface area contributed by atoms with E-state index >= 15 is 0 Å². The Hall–Kier alpha value is -1.59. The molecule has 0 heterocycles. The highest BCUT2D eigenvalue weighted by molar-refractivity contribution is 6.41. The predicted molar refractivity (Wildman–Crippen MR) is 78.7 cm³/mol. The third kappa shape index (κ3) is 4.83. The highest BCUT2D eigenvalue weighted by Gasteiger charge is 2.21. The third-order valence-electron chi connectivity index (χ3n) is 2.97. The first-order valence-corrected chi connectivity index (χ1v) is 6.70. The molecule has 0 spiro atoms. The fourth-order valence-electron chi connectivity index (χ4n) is 1.38. The van der Waals surface area contributed by atoms with Gasteiger partial charge in [0.2, 0.25) is 0 Å². The summed E-state index contributed by atoms with van der Waals surface area (Å²) >= 11 is 5.96. The monoisotopic (exact) mass is 298 g/mol. The zero-order chi connectivity index (χ0) is 15.3. The number of hydrogen-bond donors (Lipinski definition) is 3. The summed E-state index contributed by atoms with van der Waals surface area (Å²) in [6.45, 7) is 5.26. The van der Waals surface area contributed by atoms with E-state index in [1.165, 1.54) is 0 Å². The average Bonchev–Trinajstić information content (AvgIpc) is 2.39. The molecule has 0 bridgehead atoms. The first-order chi connectivity index (χ1) is 9.25. The lowest BCUT2D eigenvalue weighted by molar-refractivity contribution is -0.136. The molecule has 0 aliphatic heterocycles. The molecule has 0 saturated heterocycles. The van der Waals surface area contributed by atoms with Gasteiger partial charge in [-0.3, -0.25) is 9.59 Å². The number of hydrogen-bond acceptors (Lipinski definition) is 3. The molecule has 1 unspecified atom stereocenters. The molecule has 3 N–H and O–H groups in total. The molecule has 0 saturated carbocycles. The van der Waals surface area contributed by atoms with Crippen molar-refractivity contribution in [3.8, 4) is 0 Å². The average molecular weight is 299 g/mol. The van der Waals surface area contributed by atoms with E-state index in [1.807, 2.05) is 6.92 Å². The van der Waals surface area contributed by atoms with Crippen LogP contribution < -0.4 is 10.6 Å². The number of carbonyl (C=O) groups is 2. The van der Waals surface area contributed by atoms with Crippen LogP contribution in [0.2, 0.25) is 5.02 Å². The summed E-state index contributed by atoms with van der Waals surface area (Å²) in [5.41, 5.74) is 0.299. The first kappa shape index (κ1) is 16.5. The zero-order valence-corrected chi connectivity index (χ0v) is 12.5. The Kier molecular flexibility index (Phi) is 5.53. The number of benzene rings is 1. The Labute approximate surface area is 123 Å². The maximum atomic E-state index is 11.7. The van der Waals surface area contributed by atoms with Crippen LogP contribution >= 0.6 is 11.6 Å². The maximum Gasteiger partial charge on any atom is 0.313 e. The van der Waals surface area contributed by atoms with Gasteiger partial charge in [-0.25, -0.2) is 0 Å². The molecule has 20 heavy (non-hydrogen) atoms. The van der Waals surface area contributed by atoms with Gasteiger partial charge in [0, 0.05) is 6.54 Å². The molecule has 1 aromatic carbocycles. The molecular weight excluding hydrogens is 280 g/mol. The van der Waals surface area contributed by atoms with Crippen molar-refractivity contribution in [2.45, 2.75) is 32.8 Å². The molecule has 0 aromatic heterocycles. The summed E-state index contributed by atoms with van der Waals surface area (Å²) in [7, 11) is 0. The van der Waals surface area contributed by atoms with Gasteiger partial charge in [0.25, 0.3) is 0 Å². The van der Waals surface area contributed by atoms with E-state index in [-0.39, 0.29) is 6.54 Å². The molecule has 110 valence electrons. The number of nitrogens with one attached hydrogen (secondary N) is 2. The lowest BCUT2D eigenvalue weighted by atomic mass is 10.0. The van der Waals surface area contributed by atoms with Gasteiger partial charge in [-0.1, -0.05) is 24.6 Å². The molecule has 0 fully saturated rings. The van der Waals surface area contributed by atoms with Crippen LogP contribution in [0.15, 0.2) is 18.2 Å². The maximum absolute atomic E-state index is 11.7. The standard InChI is InChI=1S/C14H19ClN2O3/c1-4-14(3,20)8-16-12(18)13(19)17-11-6-5-9(2)7-10(11)15/h5-7,20H,4,8H2,1-3H3,(H,16,18)(H,17,19). The highest BCUT2D eigenvalue weighted by atomic mass is 35.5. The van der Waals surface area contributed by atoms with Crippen LogP contribution in [-0.4, -0.2) is 29.1 Å². The minimum absolute atomic E-state index is 0.0113. The fraction of sp³-hybridized carbons (Fsp3) is 0.429. The largest absolute Gasteiger partial charge is 0.388 e. The van der Waals surface area contributed by atoms with Crippen LogP contribution in [0.3, 0.4) is 0 Å². The zero-order valence-electron chi connectivity index (χ0n) is 11.8. The molecule has 1 atom stereocenters. The van der Waals surface area contributed by atoms with Crippen LogP contribution in [0.4, 0.5) is 5.69 Å². The Morgan fingerprint density at radius 1 is 1.35 bits per heavy atom. The van der Waals surface area contributed by atoms with Crippen LogP contribution in [0.25, 0.3) is 0 Å². The van der Waals surface area contributed by atoms with Gasteiger partial charge in [-0.2, -0.15) is 0 Å². The molecule has 1 rings (SSSR count). The molecule has 0 radical (unpaired) electrons. The summed E-state index contributed by atoms with van der Waals surface area (Å²) in [6, 6.07) is 5.10. The van der Waals surface area contributed by atoms with Crippen molar-refractivity contribution in [1.29, 1.82) is 0 Å². The summed E-state index contributed by atoms with van der Waals surface area (Å²) in [5.74, 6) is -1.63. The number of rotatable bonds is 4. The molecular formula is C14H19ClN2O3. The van der Waals surface area contributed by atoms with E-state index in [0.29, 0.717) is 17.1 Å². The Bertz CT molecular complexity index is 515. The van der Waals surface area contributed by atoms with E-state index in [2.05, 4.69) is 10.6 Å². The lowest BCUT2D eigenvalue weighted by Gasteiger charge is -2.21. The minimum atomic E-state index is -1.03. The summed E-state index contributed by atoms with van der Waals surface area (Å²) < 4.78 is 0. The van der Waals surface area contributed by atoms with Crippen LogP contribution in [0.1, 0.15) is 25.8 Å². The second-order valence-corrected chi connectivity index (χ2v) is 5.38. The van der Waals surface area contributed by atoms with Gasteiger partial charge in [-0.15, -0.1) is 0 Å². The van der Waals surface area contributed by atoms with Gasteiger partial charge in [0.15, 0.2) is 0 Å². The Morgan fingerprint density at radius 3 is 2.55 bits per heavy atom. The first-order valence-electron chi connectivity index (χ1n) is 6.33. The van der Waals surface area contributed by atoms with Crippen LogP contribution in [0.5, 0.6) is 0 Å². The highest BCUT2D eigenvalue weighted by Crippen LogP contribution is 2.22. The number of carbonyl (C=O) groups excluding carboxylic acids is 2. The van der Waals surface area contributed by atoms with Crippen molar-refractivity contribution in [3.05, 3.63) is 28.8 Å². The van der Waals surface area contributed by atoms with Crippen molar-refractivity contribution in [1.82, 2.24) is 5.32 Å². The van der Waals surface area contributed by atoms with Gasteiger partial charge in [0.05, 0.1) is 16.3 Å². The molecule has 5 nitrogen and oxygen atoms in total. The summed E-state index contributed by atoms with van der Waals surface area (Å²) in [6.07, 6.45) is 0.471. The molecule has 0 aliphatic rings. The number of aryl methyl sites for hydroxylation is 1. The molecule has 0 aliphatic carbocycles. The fourth-order valence-corrected chi connectivity index (χ4v) is 1.66. The second-order valence-electron chi connectivity index (χ2n) is 4.97. The van der Waals surface area contributed by atoms with Crippen LogP contribution in [0, 0.1) is 6.92 Å². The van der Waals surface area contributed by atoms with Gasteiger partial charge >= 0.3 is 11.8 Å². The topological polar surface area (TPSA) is 78.4 Å². The number of anilines is 1. The van der Waals surface area contributed by atoms with E-state index in [9.17, 15) is 14.7 Å². The smallest absolute Gasteiger partial charge is 0.313 e. The van der Waals surface area contributed by atoms with E-state index < -0.39 is 17.4 Å². The van der Waals surface area contributed by atoms with E-state index in [1.54, 1.807) is 32.0 Å².